The summed E-state index contributed by atoms with van der Waals surface area (Å²) < 4.78 is 0. The molecule has 4 nitrogen and oxygen atoms in total. The zero-order valence-corrected chi connectivity index (χ0v) is 7.07. The molecule has 1 rings (SSSR count). The first-order valence-electron chi connectivity index (χ1n) is 3.16. The number of carboxylic acid groups (broad SMARTS) is 1. The van der Waals surface area contributed by atoms with Gasteiger partial charge in [0, 0.05) is 23.8 Å². The molecular formula is C7H7LiN2O2. The second-order valence-electron chi connectivity index (χ2n) is 2.20. The van der Waals surface area contributed by atoms with Crippen LogP contribution in [0.3, 0.4) is 0 Å². The molecule has 0 aromatic carbocycles. The fraction of sp³-hybridized carbons (Fsp3) is 0.286. The van der Waals surface area contributed by atoms with Crippen LogP contribution in [0.25, 0.3) is 0 Å². The Morgan fingerprint density at radius 1 is 1.58 bits per heavy atom. The summed E-state index contributed by atoms with van der Waals surface area (Å²) in [6, 6.07) is 1.62. The Labute approximate surface area is 82.2 Å². The summed E-state index contributed by atoms with van der Waals surface area (Å²) in [5, 5.41) is 10.1. The molecule has 0 saturated carbocycles. The van der Waals surface area contributed by atoms with Crippen LogP contribution in [0.2, 0.25) is 0 Å². The van der Waals surface area contributed by atoms with Crippen molar-refractivity contribution < 1.29 is 28.8 Å². The summed E-state index contributed by atoms with van der Waals surface area (Å²) in [6.07, 6.45) is 1.19. The second kappa shape index (κ2) is 4.91. The number of aliphatic carboxylic acids is 1. The van der Waals surface area contributed by atoms with E-state index in [1.54, 1.807) is 13.0 Å². The number of hydrogen-bond donors (Lipinski definition) is 0. The van der Waals surface area contributed by atoms with E-state index in [-0.39, 0.29) is 25.3 Å². The fourth-order valence-electron chi connectivity index (χ4n) is 0.754. The van der Waals surface area contributed by atoms with Crippen molar-refractivity contribution in [2.75, 3.05) is 0 Å². The van der Waals surface area contributed by atoms with Gasteiger partial charge in [0.15, 0.2) is 0 Å². The zero-order valence-electron chi connectivity index (χ0n) is 7.07. The average Bonchev–Trinajstić information content (AvgIpc) is 1.85. The molecule has 0 aliphatic rings. The molecule has 0 spiro atoms. The molecule has 12 heavy (non-hydrogen) atoms. The molecule has 58 valence electrons. The van der Waals surface area contributed by atoms with Gasteiger partial charge >= 0.3 is 18.9 Å². The van der Waals surface area contributed by atoms with Crippen LogP contribution in [0.15, 0.2) is 12.4 Å². The zero-order chi connectivity index (χ0) is 8.27. The molecule has 0 saturated heterocycles. The van der Waals surface area contributed by atoms with Gasteiger partial charge in [0.1, 0.15) is 6.33 Å². The van der Waals surface area contributed by atoms with Crippen molar-refractivity contribution in [3.63, 3.8) is 0 Å². The van der Waals surface area contributed by atoms with E-state index < -0.39 is 5.97 Å². The van der Waals surface area contributed by atoms with E-state index in [4.69, 9.17) is 0 Å². The molecule has 0 unspecified atom stereocenters. The maximum absolute atomic E-state index is 10.1. The van der Waals surface area contributed by atoms with Crippen molar-refractivity contribution >= 4 is 5.97 Å². The summed E-state index contributed by atoms with van der Waals surface area (Å²) in [5.74, 6) is -1.12. The van der Waals surface area contributed by atoms with E-state index in [0.29, 0.717) is 5.69 Å². The molecule has 1 aromatic rings. The predicted molar refractivity (Wildman–Crippen MR) is 35.5 cm³/mol. The number of hydrogen-bond acceptors (Lipinski definition) is 4. The van der Waals surface area contributed by atoms with Crippen LogP contribution in [-0.4, -0.2) is 15.9 Å². The van der Waals surface area contributed by atoms with Crippen LogP contribution >= 0.6 is 0 Å². The van der Waals surface area contributed by atoms with Crippen molar-refractivity contribution in [1.29, 1.82) is 0 Å². The summed E-state index contributed by atoms with van der Waals surface area (Å²) >= 11 is 0. The Morgan fingerprint density at radius 2 is 2.25 bits per heavy atom. The SMILES string of the molecule is Cc1cc(CC(=O)[O-])ncn1.[Li+]. The number of aryl methyl sites for hydroxylation is 1. The third kappa shape index (κ3) is 3.51. The summed E-state index contributed by atoms with van der Waals surface area (Å²) in [7, 11) is 0. The van der Waals surface area contributed by atoms with E-state index in [0.717, 1.165) is 5.69 Å². The van der Waals surface area contributed by atoms with Crippen molar-refractivity contribution in [3.05, 3.63) is 23.8 Å². The molecule has 0 amide bonds. The molecule has 1 heterocycles. The predicted octanol–water partition coefficient (Wildman–Crippen LogP) is -3.92. The van der Waals surface area contributed by atoms with Crippen LogP contribution in [0.5, 0.6) is 0 Å². The van der Waals surface area contributed by atoms with Crippen molar-refractivity contribution in [3.8, 4) is 0 Å². The number of nitrogens with zero attached hydrogens (tertiary/aromatic N) is 2. The Bertz CT molecular complexity index is 278. The van der Waals surface area contributed by atoms with Gasteiger partial charge < -0.3 is 9.90 Å². The first-order chi connectivity index (χ1) is 5.18. The number of aromatic nitrogens is 2. The van der Waals surface area contributed by atoms with Crippen LogP contribution < -0.4 is 24.0 Å². The molecule has 0 radical (unpaired) electrons. The largest absolute Gasteiger partial charge is 1.00 e. The molecular weight excluding hydrogens is 151 g/mol. The normalized spacial score (nSPS) is 8.75. The third-order valence-corrected chi connectivity index (χ3v) is 1.19. The molecule has 0 N–H and O–H groups in total. The maximum Gasteiger partial charge on any atom is 1.00 e. The van der Waals surface area contributed by atoms with Crippen molar-refractivity contribution in [2.24, 2.45) is 0 Å². The third-order valence-electron chi connectivity index (χ3n) is 1.19. The van der Waals surface area contributed by atoms with Gasteiger partial charge in [-0.2, -0.15) is 0 Å². The van der Waals surface area contributed by atoms with Gasteiger partial charge in [0.25, 0.3) is 0 Å². The smallest absolute Gasteiger partial charge is 0.550 e. The first-order valence-corrected chi connectivity index (χ1v) is 3.16. The van der Waals surface area contributed by atoms with Gasteiger partial charge in [-0.25, -0.2) is 9.97 Å². The topological polar surface area (TPSA) is 65.9 Å². The molecule has 0 aliphatic heterocycles. The van der Waals surface area contributed by atoms with E-state index >= 15 is 0 Å². The van der Waals surface area contributed by atoms with E-state index in [9.17, 15) is 9.90 Å². The van der Waals surface area contributed by atoms with Gasteiger partial charge in [-0.3, -0.25) is 0 Å². The van der Waals surface area contributed by atoms with E-state index in [2.05, 4.69) is 9.97 Å². The van der Waals surface area contributed by atoms with Gasteiger partial charge in [-0.15, -0.1) is 0 Å². The molecule has 0 bridgehead atoms. The monoisotopic (exact) mass is 158 g/mol. The molecule has 5 heteroatoms. The Morgan fingerprint density at radius 3 is 2.75 bits per heavy atom. The van der Waals surface area contributed by atoms with Crippen LogP contribution in [-0.2, 0) is 11.2 Å². The Balaban J connectivity index is 0.00000121. The molecule has 1 aromatic heterocycles. The molecule has 0 aliphatic carbocycles. The van der Waals surface area contributed by atoms with Gasteiger partial charge in [0.05, 0.1) is 0 Å². The number of carbonyl (C=O) groups is 1. The minimum atomic E-state index is -1.12. The average molecular weight is 158 g/mol. The Hall–Kier alpha value is -0.853. The first kappa shape index (κ1) is 11.1. The van der Waals surface area contributed by atoms with Crippen LogP contribution in [0.4, 0.5) is 0 Å². The summed E-state index contributed by atoms with van der Waals surface area (Å²) in [6.45, 7) is 1.78. The van der Waals surface area contributed by atoms with E-state index in [1.165, 1.54) is 6.33 Å². The summed E-state index contributed by atoms with van der Waals surface area (Å²) in [5.41, 5.74) is 1.24. The standard InChI is InChI=1S/C7H8N2O2.Li/c1-5-2-6(3-7(10)11)9-4-8-5;/h2,4H,3H2,1H3,(H,10,11);/q;+1/p-1. The fourth-order valence-corrected chi connectivity index (χ4v) is 0.754. The molecule has 0 atom stereocenters. The van der Waals surface area contributed by atoms with Gasteiger partial charge in [-0.1, -0.05) is 0 Å². The minimum absolute atomic E-state index is 0. The number of carbonyl (C=O) groups excluding carboxylic acids is 1. The van der Waals surface area contributed by atoms with Gasteiger partial charge in [-0.05, 0) is 13.0 Å². The maximum atomic E-state index is 10.1. The number of carboxylic acids is 1. The second-order valence-corrected chi connectivity index (χ2v) is 2.20. The van der Waals surface area contributed by atoms with Crippen molar-refractivity contribution in [1.82, 2.24) is 9.97 Å². The summed E-state index contributed by atoms with van der Waals surface area (Å²) in [4.78, 5) is 17.7. The van der Waals surface area contributed by atoms with E-state index in [1.807, 2.05) is 0 Å². The quantitative estimate of drug-likeness (QED) is 0.412. The minimum Gasteiger partial charge on any atom is -0.550 e. The van der Waals surface area contributed by atoms with Gasteiger partial charge in [0.2, 0.25) is 0 Å². The Kier molecular flexibility index (Phi) is 4.56. The number of rotatable bonds is 2. The van der Waals surface area contributed by atoms with Crippen molar-refractivity contribution in [2.45, 2.75) is 13.3 Å². The van der Waals surface area contributed by atoms with Crippen LogP contribution in [0.1, 0.15) is 11.4 Å². The molecule has 0 fully saturated rings. The van der Waals surface area contributed by atoms with Crippen LogP contribution in [0, 0.1) is 6.92 Å².